The van der Waals surface area contributed by atoms with Crippen LogP contribution in [0.15, 0.2) is 24.3 Å². The Kier molecular flexibility index (Phi) is 6.20. The van der Waals surface area contributed by atoms with E-state index in [-0.39, 0.29) is 0 Å². The number of ether oxygens (including phenoxy) is 1. The summed E-state index contributed by atoms with van der Waals surface area (Å²) in [5.41, 5.74) is 3.21. The van der Waals surface area contributed by atoms with Gasteiger partial charge in [-0.3, -0.25) is 4.79 Å². The van der Waals surface area contributed by atoms with Crippen molar-refractivity contribution in [2.45, 2.75) is 57.5 Å². The summed E-state index contributed by atoms with van der Waals surface area (Å²) in [6.07, 6.45) is 8.83. The number of nitrogens with zero attached hydrogens (tertiary/aromatic N) is 2. The molecule has 0 bridgehead atoms. The smallest absolute Gasteiger partial charge is 0.222 e. The number of likely N-dealkylation sites (tertiary alicyclic amines) is 2. The molecule has 1 aromatic carbocycles. The minimum Gasteiger partial charge on any atom is -0.376 e. The van der Waals surface area contributed by atoms with Gasteiger partial charge in [0.25, 0.3) is 0 Å². The fourth-order valence-corrected chi connectivity index (χ4v) is 6.27. The average molecular weight is 442 g/mol. The summed E-state index contributed by atoms with van der Waals surface area (Å²) in [6.45, 7) is 5.59. The van der Waals surface area contributed by atoms with Crippen molar-refractivity contribution >= 4 is 23.2 Å². The largest absolute Gasteiger partial charge is 0.376 e. The van der Waals surface area contributed by atoms with Gasteiger partial charge < -0.3 is 19.9 Å². The van der Waals surface area contributed by atoms with Crippen molar-refractivity contribution < 1.29 is 9.53 Å². The summed E-state index contributed by atoms with van der Waals surface area (Å²) in [5.74, 6) is 0.839. The molecule has 1 aromatic rings. The average Bonchev–Trinajstić information content (AvgIpc) is 3.52. The molecule has 1 N–H and O–H groups in total. The number of carbonyl (C=O) groups excluding carboxylic acids is 1. The first-order valence-corrected chi connectivity index (χ1v) is 12.5. The van der Waals surface area contributed by atoms with E-state index in [9.17, 15) is 4.79 Å². The number of rotatable bonds is 4. The van der Waals surface area contributed by atoms with Crippen molar-refractivity contribution in [1.29, 1.82) is 0 Å². The Balaban J connectivity index is 1.06. The van der Waals surface area contributed by atoms with Crippen LogP contribution in [0.3, 0.4) is 0 Å². The number of piperidine rings is 1. The Morgan fingerprint density at radius 3 is 2.42 bits per heavy atom. The van der Waals surface area contributed by atoms with Crippen molar-refractivity contribution in [2.75, 3.05) is 39.3 Å². The first-order chi connectivity index (χ1) is 15.1. The molecule has 3 fully saturated rings. The van der Waals surface area contributed by atoms with Crippen LogP contribution in [-0.2, 0) is 22.4 Å². The highest BCUT2D eigenvalue weighted by Crippen LogP contribution is 2.41. The minimum absolute atomic E-state index is 0.316. The van der Waals surface area contributed by atoms with Gasteiger partial charge in [0.15, 0.2) is 5.11 Å². The molecule has 1 aliphatic carbocycles. The van der Waals surface area contributed by atoms with Gasteiger partial charge in [0.2, 0.25) is 5.91 Å². The number of hydrogen-bond acceptors (Lipinski definition) is 3. The van der Waals surface area contributed by atoms with E-state index >= 15 is 0 Å². The Hall–Kier alpha value is -1.66. The lowest BCUT2D eigenvalue weighted by Crippen LogP contribution is -2.46. The van der Waals surface area contributed by atoms with Crippen molar-refractivity contribution in [1.82, 2.24) is 15.1 Å². The van der Waals surface area contributed by atoms with E-state index in [1.54, 1.807) is 0 Å². The summed E-state index contributed by atoms with van der Waals surface area (Å²) in [6, 6.07) is 8.66. The molecule has 1 spiro atoms. The highest BCUT2D eigenvalue weighted by molar-refractivity contribution is 7.80. The summed E-state index contributed by atoms with van der Waals surface area (Å²) >= 11 is 5.67. The van der Waals surface area contributed by atoms with Crippen LogP contribution in [-0.4, -0.2) is 66.3 Å². The van der Waals surface area contributed by atoms with Crippen molar-refractivity contribution in [2.24, 2.45) is 11.3 Å². The summed E-state index contributed by atoms with van der Waals surface area (Å²) in [5, 5.41) is 4.31. The molecular weight excluding hydrogens is 406 g/mol. The third-order valence-electron chi connectivity index (χ3n) is 8.01. The second kappa shape index (κ2) is 9.07. The van der Waals surface area contributed by atoms with Crippen LogP contribution in [0, 0.1) is 11.3 Å². The number of thiocarbonyl (C=S) groups is 1. The molecule has 168 valence electrons. The first-order valence-electron chi connectivity index (χ1n) is 12.1. The van der Waals surface area contributed by atoms with Gasteiger partial charge in [-0.1, -0.05) is 24.3 Å². The maximum Gasteiger partial charge on any atom is 0.222 e. The van der Waals surface area contributed by atoms with Gasteiger partial charge in [-0.25, -0.2) is 0 Å². The molecule has 6 heteroatoms. The first kappa shape index (κ1) is 21.2. The van der Waals surface area contributed by atoms with Gasteiger partial charge >= 0.3 is 0 Å². The van der Waals surface area contributed by atoms with Crippen LogP contribution >= 0.6 is 12.2 Å². The summed E-state index contributed by atoms with van der Waals surface area (Å²) in [4.78, 5) is 17.4. The number of carbonyl (C=O) groups is 1. The van der Waals surface area contributed by atoms with Crippen LogP contribution in [0.4, 0.5) is 0 Å². The van der Waals surface area contributed by atoms with Crippen LogP contribution in [0.25, 0.3) is 0 Å². The summed E-state index contributed by atoms with van der Waals surface area (Å²) < 4.78 is 5.70. The lowest BCUT2D eigenvalue weighted by atomic mass is 9.77. The minimum atomic E-state index is 0.316. The molecule has 1 atom stereocenters. The molecule has 4 aliphatic rings. The second-order valence-electron chi connectivity index (χ2n) is 10.1. The van der Waals surface area contributed by atoms with Gasteiger partial charge in [0, 0.05) is 45.8 Å². The standard InChI is InChI=1S/C25H35N3O2S/c29-23(16-19-14-20-4-1-2-5-21(20)15-19)27-10-7-25(8-11-27)9-12-28(18-25)24(31)26-17-22-6-3-13-30-22/h1-2,4-5,19,22H,3,6-18H2,(H,26,31). The zero-order valence-electron chi connectivity index (χ0n) is 18.5. The van der Waals surface area contributed by atoms with Crippen molar-refractivity contribution in [3.8, 4) is 0 Å². The lowest BCUT2D eigenvalue weighted by Gasteiger charge is -2.39. The quantitative estimate of drug-likeness (QED) is 0.728. The van der Waals surface area contributed by atoms with E-state index in [4.69, 9.17) is 17.0 Å². The number of fused-ring (bicyclic) bond motifs is 1. The third kappa shape index (κ3) is 4.75. The van der Waals surface area contributed by atoms with Gasteiger partial charge in [0.1, 0.15) is 0 Å². The Morgan fingerprint density at radius 2 is 1.77 bits per heavy atom. The lowest BCUT2D eigenvalue weighted by molar-refractivity contribution is -0.134. The molecule has 5 nitrogen and oxygen atoms in total. The zero-order chi connectivity index (χ0) is 21.3. The normalized spacial score (nSPS) is 25.2. The molecule has 1 unspecified atom stereocenters. The zero-order valence-corrected chi connectivity index (χ0v) is 19.3. The topological polar surface area (TPSA) is 44.8 Å². The third-order valence-corrected chi connectivity index (χ3v) is 8.41. The predicted octanol–water partition coefficient (Wildman–Crippen LogP) is 3.16. The van der Waals surface area contributed by atoms with E-state index < -0.39 is 0 Å². The molecule has 0 saturated carbocycles. The van der Waals surface area contributed by atoms with Crippen LogP contribution in [0.1, 0.15) is 49.7 Å². The fraction of sp³-hybridized carbons (Fsp3) is 0.680. The van der Waals surface area contributed by atoms with E-state index in [2.05, 4.69) is 39.4 Å². The predicted molar refractivity (Wildman–Crippen MR) is 126 cm³/mol. The fourth-order valence-electron chi connectivity index (χ4n) is 6.04. The van der Waals surface area contributed by atoms with Crippen LogP contribution < -0.4 is 5.32 Å². The number of amides is 1. The van der Waals surface area contributed by atoms with Gasteiger partial charge in [-0.15, -0.1) is 0 Å². The van der Waals surface area contributed by atoms with Crippen LogP contribution in [0.2, 0.25) is 0 Å². The highest BCUT2D eigenvalue weighted by Gasteiger charge is 2.42. The number of hydrogen-bond donors (Lipinski definition) is 1. The molecule has 3 heterocycles. The van der Waals surface area contributed by atoms with Gasteiger partial charge in [0.05, 0.1) is 6.10 Å². The Bertz CT molecular complexity index is 790. The molecule has 0 aromatic heterocycles. The van der Waals surface area contributed by atoms with E-state index in [0.717, 1.165) is 83.0 Å². The van der Waals surface area contributed by atoms with Crippen LogP contribution in [0.5, 0.6) is 0 Å². The number of benzene rings is 1. The van der Waals surface area contributed by atoms with E-state index in [1.807, 2.05) is 0 Å². The number of nitrogens with one attached hydrogen (secondary N) is 1. The molecule has 31 heavy (non-hydrogen) atoms. The Labute approximate surface area is 191 Å². The van der Waals surface area contributed by atoms with Crippen molar-refractivity contribution in [3.05, 3.63) is 35.4 Å². The molecular formula is C25H35N3O2S. The summed E-state index contributed by atoms with van der Waals surface area (Å²) in [7, 11) is 0. The molecule has 3 aliphatic heterocycles. The SMILES string of the molecule is O=C(CC1Cc2ccccc2C1)N1CCC2(CC1)CCN(C(=S)NCC1CCCO1)C2. The maximum atomic E-state index is 13.0. The molecule has 3 saturated heterocycles. The Morgan fingerprint density at radius 1 is 1.10 bits per heavy atom. The molecule has 0 radical (unpaired) electrons. The van der Waals surface area contributed by atoms with Gasteiger partial charge in [-0.2, -0.15) is 0 Å². The molecule has 5 rings (SSSR count). The molecule has 1 amide bonds. The van der Waals surface area contributed by atoms with E-state index in [1.165, 1.54) is 17.5 Å². The second-order valence-corrected chi connectivity index (χ2v) is 10.5. The van der Waals surface area contributed by atoms with Gasteiger partial charge in [-0.05, 0) is 79.6 Å². The van der Waals surface area contributed by atoms with Crippen molar-refractivity contribution in [3.63, 3.8) is 0 Å². The van der Waals surface area contributed by atoms with E-state index in [0.29, 0.717) is 29.8 Å². The maximum absolute atomic E-state index is 13.0. The monoisotopic (exact) mass is 441 g/mol. The highest BCUT2D eigenvalue weighted by atomic mass is 32.1.